The number of carbonyl (C=O) groups excluding carboxylic acids is 1. The number of nitrogens with two attached hydrogens (primary N) is 1. The Labute approximate surface area is 196 Å². The Morgan fingerprint density at radius 2 is 1.85 bits per heavy atom. The first-order valence-electron chi connectivity index (χ1n) is 11.5. The molecule has 1 saturated heterocycles. The fraction of sp³-hybridized carbons (Fsp3) is 0.346. The lowest BCUT2D eigenvalue weighted by Gasteiger charge is -2.31. The van der Waals surface area contributed by atoms with Crippen molar-refractivity contribution in [3.63, 3.8) is 0 Å². The van der Waals surface area contributed by atoms with Crippen molar-refractivity contribution >= 4 is 16.9 Å². The lowest BCUT2D eigenvalue weighted by Crippen LogP contribution is -2.35. The standard InChI is InChI=1S/C26H28N4O4/c1-16-24(17(2)34-28-16)20-8-9-21-22(14-20)30(26(32)29(21)15-23(27)31)25(18-6-4-3-5-7-18)19-10-12-33-13-11-19/h3-9,14,19,25H,10-13,15H2,1-2H3,(H2,27,31)/t25-/m0/s1. The summed E-state index contributed by atoms with van der Waals surface area (Å²) in [6.07, 6.45) is 1.69. The normalized spacial score (nSPS) is 15.6. The zero-order chi connectivity index (χ0) is 23.8. The summed E-state index contributed by atoms with van der Waals surface area (Å²) in [5, 5.41) is 4.09. The molecular weight excluding hydrogens is 432 g/mol. The Kier molecular flexibility index (Phi) is 5.83. The number of aromatic nitrogens is 3. The number of ether oxygens (including phenoxy) is 1. The summed E-state index contributed by atoms with van der Waals surface area (Å²) >= 11 is 0. The number of amides is 1. The minimum absolute atomic E-state index is 0.178. The van der Waals surface area contributed by atoms with E-state index in [1.807, 2.05) is 54.8 Å². The van der Waals surface area contributed by atoms with Crippen LogP contribution in [0.2, 0.25) is 0 Å². The number of nitrogens with zero attached hydrogens (tertiary/aromatic N) is 3. The third kappa shape index (κ3) is 3.84. The minimum Gasteiger partial charge on any atom is -0.381 e. The number of rotatable bonds is 6. The molecule has 1 aliphatic rings. The van der Waals surface area contributed by atoms with E-state index in [2.05, 4.69) is 17.3 Å². The molecule has 1 amide bonds. The van der Waals surface area contributed by atoms with Crippen molar-refractivity contribution in [2.75, 3.05) is 13.2 Å². The van der Waals surface area contributed by atoms with Crippen LogP contribution in [0.25, 0.3) is 22.2 Å². The summed E-state index contributed by atoms with van der Waals surface area (Å²) in [7, 11) is 0. The van der Waals surface area contributed by atoms with Gasteiger partial charge in [0.05, 0.1) is 22.8 Å². The van der Waals surface area contributed by atoms with Crippen molar-refractivity contribution in [3.8, 4) is 11.1 Å². The van der Waals surface area contributed by atoms with E-state index in [0.29, 0.717) is 24.5 Å². The number of fused-ring (bicyclic) bond motifs is 1. The van der Waals surface area contributed by atoms with Crippen molar-refractivity contribution in [1.29, 1.82) is 0 Å². The molecule has 0 radical (unpaired) electrons. The van der Waals surface area contributed by atoms with E-state index in [0.717, 1.165) is 40.7 Å². The largest absolute Gasteiger partial charge is 0.381 e. The number of carbonyl (C=O) groups is 1. The van der Waals surface area contributed by atoms with Gasteiger partial charge in [-0.1, -0.05) is 41.6 Å². The van der Waals surface area contributed by atoms with Gasteiger partial charge in [0.15, 0.2) is 0 Å². The molecule has 2 aromatic heterocycles. The predicted octanol–water partition coefficient (Wildman–Crippen LogP) is 3.58. The second-order valence-corrected chi connectivity index (χ2v) is 8.91. The first kappa shape index (κ1) is 22.2. The van der Waals surface area contributed by atoms with E-state index in [9.17, 15) is 9.59 Å². The Morgan fingerprint density at radius 1 is 1.12 bits per heavy atom. The molecule has 2 aromatic carbocycles. The zero-order valence-electron chi connectivity index (χ0n) is 19.4. The highest BCUT2D eigenvalue weighted by Crippen LogP contribution is 2.36. The van der Waals surface area contributed by atoms with Crippen LogP contribution in [-0.2, 0) is 16.1 Å². The molecule has 0 spiro atoms. The van der Waals surface area contributed by atoms with Crippen LogP contribution in [0.5, 0.6) is 0 Å². The van der Waals surface area contributed by atoms with Crippen molar-refractivity contribution in [2.24, 2.45) is 11.7 Å². The SMILES string of the molecule is Cc1noc(C)c1-c1ccc2c(c1)n([C@@H](c1ccccc1)C1CCOCC1)c(=O)n2CC(N)=O. The zero-order valence-corrected chi connectivity index (χ0v) is 19.4. The van der Waals surface area contributed by atoms with Crippen molar-refractivity contribution in [2.45, 2.75) is 39.3 Å². The third-order valence-electron chi connectivity index (χ3n) is 6.73. The first-order chi connectivity index (χ1) is 16.5. The van der Waals surface area contributed by atoms with Crippen molar-refractivity contribution in [3.05, 3.63) is 76.0 Å². The number of primary amides is 1. The molecule has 0 aliphatic carbocycles. The van der Waals surface area contributed by atoms with Gasteiger partial charge in [-0.25, -0.2) is 4.79 Å². The Morgan fingerprint density at radius 3 is 2.50 bits per heavy atom. The first-order valence-corrected chi connectivity index (χ1v) is 11.5. The van der Waals surface area contributed by atoms with Crippen LogP contribution >= 0.6 is 0 Å². The molecule has 3 heterocycles. The monoisotopic (exact) mass is 460 g/mol. The van der Waals surface area contributed by atoms with Crippen LogP contribution < -0.4 is 11.4 Å². The minimum atomic E-state index is -0.557. The summed E-state index contributed by atoms with van der Waals surface area (Å²) in [5.41, 5.74) is 10.4. The maximum atomic E-state index is 13.9. The van der Waals surface area contributed by atoms with Crippen LogP contribution in [0.15, 0.2) is 57.8 Å². The maximum absolute atomic E-state index is 13.9. The average Bonchev–Trinajstić information content (AvgIpc) is 3.31. The summed E-state index contributed by atoms with van der Waals surface area (Å²) in [6, 6.07) is 15.7. The van der Waals surface area contributed by atoms with E-state index < -0.39 is 5.91 Å². The fourth-order valence-corrected chi connectivity index (χ4v) is 5.22. The Balaban J connectivity index is 1.79. The number of hydrogen-bond acceptors (Lipinski definition) is 5. The molecule has 5 rings (SSSR count). The number of benzene rings is 2. The topological polar surface area (TPSA) is 105 Å². The van der Waals surface area contributed by atoms with E-state index in [-0.39, 0.29) is 24.2 Å². The highest BCUT2D eigenvalue weighted by atomic mass is 16.5. The van der Waals surface area contributed by atoms with Gasteiger partial charge in [0.25, 0.3) is 0 Å². The molecule has 1 atom stereocenters. The van der Waals surface area contributed by atoms with Crippen molar-refractivity contribution < 1.29 is 14.1 Å². The van der Waals surface area contributed by atoms with Gasteiger partial charge in [-0.2, -0.15) is 0 Å². The molecule has 8 heteroatoms. The summed E-state index contributed by atoms with van der Waals surface area (Å²) in [4.78, 5) is 25.7. The number of imidazole rings is 1. The predicted molar refractivity (Wildman–Crippen MR) is 128 cm³/mol. The van der Waals surface area contributed by atoms with Crippen LogP contribution in [0, 0.1) is 19.8 Å². The molecule has 0 bridgehead atoms. The van der Waals surface area contributed by atoms with Gasteiger partial charge in [0, 0.05) is 18.8 Å². The van der Waals surface area contributed by atoms with Gasteiger partial charge in [-0.3, -0.25) is 13.9 Å². The van der Waals surface area contributed by atoms with E-state index >= 15 is 0 Å². The molecule has 1 aliphatic heterocycles. The van der Waals surface area contributed by atoms with Crippen LogP contribution in [0.4, 0.5) is 0 Å². The molecule has 2 N–H and O–H groups in total. The highest BCUT2D eigenvalue weighted by Gasteiger charge is 2.31. The third-order valence-corrected chi connectivity index (χ3v) is 6.73. The average molecular weight is 461 g/mol. The molecule has 0 saturated carbocycles. The lowest BCUT2D eigenvalue weighted by molar-refractivity contribution is -0.118. The summed E-state index contributed by atoms with van der Waals surface area (Å²) in [6.45, 7) is 4.91. The van der Waals surface area contributed by atoms with Gasteiger partial charge in [0.1, 0.15) is 12.3 Å². The molecule has 176 valence electrons. The summed E-state index contributed by atoms with van der Waals surface area (Å²) < 4.78 is 14.3. The number of hydrogen-bond donors (Lipinski definition) is 1. The van der Waals surface area contributed by atoms with Crippen LogP contribution in [-0.4, -0.2) is 33.4 Å². The van der Waals surface area contributed by atoms with Gasteiger partial charge in [-0.05, 0) is 55.9 Å². The molecular formula is C26H28N4O4. The Hall–Kier alpha value is -3.65. The highest BCUT2D eigenvalue weighted by molar-refractivity contribution is 5.85. The van der Waals surface area contributed by atoms with E-state index in [1.54, 1.807) is 0 Å². The van der Waals surface area contributed by atoms with E-state index in [4.69, 9.17) is 15.0 Å². The molecule has 8 nitrogen and oxygen atoms in total. The Bertz CT molecular complexity index is 1370. The molecule has 34 heavy (non-hydrogen) atoms. The maximum Gasteiger partial charge on any atom is 0.330 e. The second kappa shape index (κ2) is 8.95. The molecule has 0 unspecified atom stereocenters. The van der Waals surface area contributed by atoms with Gasteiger partial charge >= 0.3 is 5.69 Å². The smallest absolute Gasteiger partial charge is 0.330 e. The van der Waals surface area contributed by atoms with E-state index in [1.165, 1.54) is 4.57 Å². The second-order valence-electron chi connectivity index (χ2n) is 8.91. The van der Waals surface area contributed by atoms with Gasteiger partial charge in [0.2, 0.25) is 5.91 Å². The summed E-state index contributed by atoms with van der Waals surface area (Å²) in [5.74, 6) is 0.369. The number of aryl methyl sites for hydroxylation is 2. The van der Waals surface area contributed by atoms with Crippen LogP contribution in [0.3, 0.4) is 0 Å². The molecule has 4 aromatic rings. The quantitative estimate of drug-likeness (QED) is 0.474. The fourth-order valence-electron chi connectivity index (χ4n) is 5.22. The lowest BCUT2D eigenvalue weighted by atomic mass is 9.86. The van der Waals surface area contributed by atoms with Crippen LogP contribution in [0.1, 0.15) is 35.9 Å². The van der Waals surface area contributed by atoms with Crippen molar-refractivity contribution in [1.82, 2.24) is 14.3 Å². The molecule has 1 fully saturated rings. The van der Waals surface area contributed by atoms with Gasteiger partial charge in [-0.15, -0.1) is 0 Å². The van der Waals surface area contributed by atoms with Gasteiger partial charge < -0.3 is 15.0 Å².